The lowest BCUT2D eigenvalue weighted by Crippen LogP contribution is -1.95. The molecular weight excluding hydrogens is 294 g/mol. The minimum atomic E-state index is 0.593. The molecule has 3 nitrogen and oxygen atoms in total. The molecule has 2 rings (SSSR count). The number of aldehydes is 1. The maximum Gasteiger partial charge on any atom is 0.151 e. The van der Waals surface area contributed by atoms with Crippen molar-refractivity contribution in [3.63, 3.8) is 0 Å². The molecule has 2 aromatic rings. The van der Waals surface area contributed by atoms with E-state index in [1.807, 2.05) is 37.4 Å². The monoisotopic (exact) mass is 307 g/mol. The van der Waals surface area contributed by atoms with E-state index >= 15 is 0 Å². The molecule has 0 radical (unpaired) electrons. The van der Waals surface area contributed by atoms with Crippen LogP contribution in [-0.4, -0.2) is 20.4 Å². The fraction of sp³-hybridized carbons (Fsp3) is 0.133. The second-order valence-corrected chi connectivity index (χ2v) is 5.48. The van der Waals surface area contributed by atoms with Gasteiger partial charge in [0.15, 0.2) is 6.29 Å². The summed E-state index contributed by atoms with van der Waals surface area (Å²) < 4.78 is 8.09. The van der Waals surface area contributed by atoms with Gasteiger partial charge in [0, 0.05) is 16.0 Å². The van der Waals surface area contributed by atoms with Crippen LogP contribution in [0.25, 0.3) is 11.1 Å². The van der Waals surface area contributed by atoms with Crippen LogP contribution in [0.4, 0.5) is 0 Å². The number of methoxy groups -OCH3 is 1. The average molecular weight is 308 g/mol. The van der Waals surface area contributed by atoms with E-state index in [0.29, 0.717) is 16.3 Å². The highest BCUT2D eigenvalue weighted by Crippen LogP contribution is 2.33. The van der Waals surface area contributed by atoms with Gasteiger partial charge in [-0.05, 0) is 54.9 Å². The molecule has 0 spiro atoms. The van der Waals surface area contributed by atoms with E-state index in [2.05, 4.69) is 4.72 Å². The standard InChI is InChI=1S/C15H14ClNO2S/c1-17-20-15-6-3-10(7-11(15)9-18)13-5-4-12(19-2)8-14(13)16/h3-9,17H,1-2H3. The molecule has 0 saturated carbocycles. The predicted molar refractivity (Wildman–Crippen MR) is 83.7 cm³/mol. The van der Waals surface area contributed by atoms with Crippen LogP contribution in [0.5, 0.6) is 5.75 Å². The molecule has 0 aromatic heterocycles. The van der Waals surface area contributed by atoms with Gasteiger partial charge in [-0.25, -0.2) is 0 Å². The molecule has 0 bridgehead atoms. The molecule has 0 atom stereocenters. The van der Waals surface area contributed by atoms with Crippen molar-refractivity contribution in [3.05, 3.63) is 47.0 Å². The highest BCUT2D eigenvalue weighted by molar-refractivity contribution is 7.97. The Hall–Kier alpha value is -1.49. The smallest absolute Gasteiger partial charge is 0.151 e. The first-order valence-electron chi connectivity index (χ1n) is 5.96. The fourth-order valence-electron chi connectivity index (χ4n) is 1.87. The molecule has 0 amide bonds. The van der Waals surface area contributed by atoms with Crippen LogP contribution in [0.2, 0.25) is 5.02 Å². The predicted octanol–water partition coefficient (Wildman–Crippen LogP) is 4.05. The number of nitrogens with one attached hydrogen (secondary N) is 1. The van der Waals surface area contributed by atoms with Crippen LogP contribution in [0.3, 0.4) is 0 Å². The second-order valence-electron chi connectivity index (χ2n) is 4.02. The molecule has 0 heterocycles. The minimum absolute atomic E-state index is 0.593. The van der Waals surface area contributed by atoms with E-state index in [4.69, 9.17) is 16.3 Å². The summed E-state index contributed by atoms with van der Waals surface area (Å²) in [5.74, 6) is 0.705. The van der Waals surface area contributed by atoms with Crippen molar-refractivity contribution in [3.8, 4) is 16.9 Å². The van der Waals surface area contributed by atoms with Crippen LogP contribution < -0.4 is 9.46 Å². The quantitative estimate of drug-likeness (QED) is 0.668. The Morgan fingerprint density at radius 1 is 1.25 bits per heavy atom. The Bertz CT molecular complexity index is 631. The summed E-state index contributed by atoms with van der Waals surface area (Å²) in [4.78, 5) is 12.1. The van der Waals surface area contributed by atoms with Crippen LogP contribution >= 0.6 is 23.5 Å². The molecule has 0 fully saturated rings. The number of halogens is 1. The van der Waals surface area contributed by atoms with E-state index in [0.717, 1.165) is 22.3 Å². The number of hydrogen-bond acceptors (Lipinski definition) is 4. The molecule has 2 aromatic carbocycles. The van der Waals surface area contributed by atoms with Gasteiger partial charge >= 0.3 is 0 Å². The first-order valence-corrected chi connectivity index (χ1v) is 7.15. The summed E-state index contributed by atoms with van der Waals surface area (Å²) >= 11 is 7.66. The Balaban J connectivity index is 2.45. The number of benzene rings is 2. The second kappa shape index (κ2) is 6.79. The zero-order valence-electron chi connectivity index (χ0n) is 11.1. The summed E-state index contributed by atoms with van der Waals surface area (Å²) in [5, 5.41) is 0.593. The third kappa shape index (κ3) is 3.15. The van der Waals surface area contributed by atoms with Crippen molar-refractivity contribution in [1.82, 2.24) is 4.72 Å². The largest absolute Gasteiger partial charge is 0.497 e. The van der Waals surface area contributed by atoms with Gasteiger partial charge < -0.3 is 4.74 Å². The summed E-state index contributed by atoms with van der Waals surface area (Å²) in [7, 11) is 3.41. The van der Waals surface area contributed by atoms with Crippen molar-refractivity contribution in [2.75, 3.05) is 14.2 Å². The maximum atomic E-state index is 11.2. The number of carbonyl (C=O) groups excluding carboxylic acids is 1. The molecule has 0 aliphatic rings. The Morgan fingerprint density at radius 2 is 2.05 bits per heavy atom. The lowest BCUT2D eigenvalue weighted by atomic mass is 10.0. The molecule has 1 N–H and O–H groups in total. The zero-order chi connectivity index (χ0) is 14.5. The lowest BCUT2D eigenvalue weighted by Gasteiger charge is -2.09. The topological polar surface area (TPSA) is 38.3 Å². The molecule has 0 saturated heterocycles. The Morgan fingerprint density at radius 3 is 2.65 bits per heavy atom. The van der Waals surface area contributed by atoms with Gasteiger partial charge in [-0.15, -0.1) is 0 Å². The molecule has 0 aliphatic carbocycles. The van der Waals surface area contributed by atoms with Crippen molar-refractivity contribution in [2.24, 2.45) is 0 Å². The van der Waals surface area contributed by atoms with Gasteiger partial charge in [0.2, 0.25) is 0 Å². The first kappa shape index (κ1) is 14.9. The van der Waals surface area contributed by atoms with E-state index in [9.17, 15) is 4.79 Å². The van der Waals surface area contributed by atoms with Crippen molar-refractivity contribution in [1.29, 1.82) is 0 Å². The summed E-state index contributed by atoms with van der Waals surface area (Å²) in [5.41, 5.74) is 2.41. The highest BCUT2D eigenvalue weighted by Gasteiger charge is 2.09. The number of carbonyl (C=O) groups is 1. The van der Waals surface area contributed by atoms with Crippen LogP contribution in [-0.2, 0) is 0 Å². The van der Waals surface area contributed by atoms with E-state index in [-0.39, 0.29) is 0 Å². The number of hydrogen-bond donors (Lipinski definition) is 1. The maximum absolute atomic E-state index is 11.2. The van der Waals surface area contributed by atoms with Crippen LogP contribution in [0.1, 0.15) is 10.4 Å². The van der Waals surface area contributed by atoms with Gasteiger partial charge in [-0.1, -0.05) is 17.7 Å². The molecule has 5 heteroatoms. The summed E-state index contributed by atoms with van der Waals surface area (Å²) in [6, 6.07) is 11.2. The van der Waals surface area contributed by atoms with Gasteiger partial charge in [-0.3, -0.25) is 9.52 Å². The number of rotatable bonds is 5. The van der Waals surface area contributed by atoms with Crippen molar-refractivity contribution >= 4 is 29.8 Å². The first-order chi connectivity index (χ1) is 9.69. The Labute approximate surface area is 127 Å². The van der Waals surface area contributed by atoms with Gasteiger partial charge in [0.25, 0.3) is 0 Å². The average Bonchev–Trinajstić information content (AvgIpc) is 2.48. The number of ether oxygens (including phenoxy) is 1. The lowest BCUT2D eigenvalue weighted by molar-refractivity contribution is 0.112. The van der Waals surface area contributed by atoms with Gasteiger partial charge in [0.05, 0.1) is 12.1 Å². The van der Waals surface area contributed by atoms with E-state index in [1.54, 1.807) is 13.2 Å². The summed E-state index contributed by atoms with van der Waals surface area (Å²) in [6.07, 6.45) is 0.848. The fourth-order valence-corrected chi connectivity index (χ4v) is 2.73. The SMILES string of the molecule is CNSc1ccc(-c2ccc(OC)cc2Cl)cc1C=O. The third-order valence-corrected chi connectivity index (χ3v) is 3.94. The molecule has 0 aliphatic heterocycles. The minimum Gasteiger partial charge on any atom is -0.497 e. The Kier molecular flexibility index (Phi) is 5.06. The molecule has 20 heavy (non-hydrogen) atoms. The third-order valence-electron chi connectivity index (χ3n) is 2.84. The molecule has 0 unspecified atom stereocenters. The zero-order valence-corrected chi connectivity index (χ0v) is 12.7. The molecular formula is C15H14ClNO2S. The highest BCUT2D eigenvalue weighted by atomic mass is 35.5. The van der Waals surface area contributed by atoms with Crippen molar-refractivity contribution < 1.29 is 9.53 Å². The molecule has 104 valence electrons. The normalized spacial score (nSPS) is 10.3. The van der Waals surface area contributed by atoms with Crippen LogP contribution in [0.15, 0.2) is 41.3 Å². The van der Waals surface area contributed by atoms with Crippen molar-refractivity contribution in [2.45, 2.75) is 4.90 Å². The van der Waals surface area contributed by atoms with Gasteiger partial charge in [-0.2, -0.15) is 0 Å². The van der Waals surface area contributed by atoms with Gasteiger partial charge in [0.1, 0.15) is 5.75 Å². The van der Waals surface area contributed by atoms with E-state index in [1.165, 1.54) is 11.9 Å². The summed E-state index contributed by atoms with van der Waals surface area (Å²) in [6.45, 7) is 0. The van der Waals surface area contributed by atoms with Crippen LogP contribution in [0, 0.1) is 0 Å². The van der Waals surface area contributed by atoms with E-state index < -0.39 is 0 Å².